The van der Waals surface area contributed by atoms with Crippen LogP contribution in [-0.2, 0) is 65.4 Å². The van der Waals surface area contributed by atoms with Gasteiger partial charge < -0.3 is 33.8 Å². The van der Waals surface area contributed by atoms with Gasteiger partial charge in [-0.25, -0.2) is 9.13 Å². The lowest BCUT2D eigenvalue weighted by Gasteiger charge is -2.21. The molecule has 0 heterocycles. The van der Waals surface area contributed by atoms with Crippen molar-refractivity contribution in [2.45, 2.75) is 329 Å². The molecule has 0 radical (unpaired) electrons. The van der Waals surface area contributed by atoms with E-state index < -0.39 is 97.5 Å². The Morgan fingerprint density at radius 1 is 0.333 bits per heavy atom. The zero-order chi connectivity index (χ0) is 59.9. The zero-order valence-electron chi connectivity index (χ0n) is 51.9. The maximum atomic E-state index is 12.9. The van der Waals surface area contributed by atoms with Crippen LogP contribution in [0.4, 0.5) is 0 Å². The van der Waals surface area contributed by atoms with Crippen LogP contribution < -0.4 is 0 Å². The summed E-state index contributed by atoms with van der Waals surface area (Å²) in [5, 5.41) is 10.5. The molecule has 0 aromatic heterocycles. The fraction of sp³-hybridized carbons (Fsp3) is 0.935. The summed E-state index contributed by atoms with van der Waals surface area (Å²) in [7, 11) is -9.87. The second kappa shape index (κ2) is 55.9. The van der Waals surface area contributed by atoms with Crippen molar-refractivity contribution in [3.05, 3.63) is 0 Å². The summed E-state index contributed by atoms with van der Waals surface area (Å²) in [5.74, 6) is -1.35. The van der Waals surface area contributed by atoms with Gasteiger partial charge in [0.05, 0.1) is 26.4 Å². The zero-order valence-corrected chi connectivity index (χ0v) is 53.7. The molecule has 0 aromatic carbocycles. The third kappa shape index (κ3) is 56.9. The number of aliphatic hydroxyl groups excluding tert-OH is 1. The molecule has 2 unspecified atom stereocenters. The van der Waals surface area contributed by atoms with E-state index in [0.29, 0.717) is 25.7 Å². The van der Waals surface area contributed by atoms with E-state index in [4.69, 9.17) is 37.0 Å². The van der Waals surface area contributed by atoms with Crippen molar-refractivity contribution in [2.24, 2.45) is 5.92 Å². The van der Waals surface area contributed by atoms with Crippen molar-refractivity contribution >= 4 is 39.5 Å². The predicted molar refractivity (Wildman–Crippen MR) is 322 cm³/mol. The van der Waals surface area contributed by atoms with Crippen molar-refractivity contribution in [3.63, 3.8) is 0 Å². The van der Waals surface area contributed by atoms with Gasteiger partial charge in [-0.2, -0.15) is 0 Å². The molecule has 0 rings (SSSR count). The lowest BCUT2D eigenvalue weighted by atomic mass is 10.0. The molecular weight excluding hydrogens is 1080 g/mol. The Kier molecular flexibility index (Phi) is 54.6. The molecule has 3 N–H and O–H groups in total. The van der Waals surface area contributed by atoms with E-state index in [0.717, 1.165) is 109 Å². The minimum Gasteiger partial charge on any atom is -0.462 e. The third-order valence-corrected chi connectivity index (χ3v) is 16.2. The molecule has 5 atom stereocenters. The second-order valence-corrected chi connectivity index (χ2v) is 25.8. The van der Waals surface area contributed by atoms with E-state index in [1.807, 2.05) is 0 Å². The Morgan fingerprint density at radius 3 is 0.840 bits per heavy atom. The van der Waals surface area contributed by atoms with Crippen LogP contribution >= 0.6 is 15.6 Å². The Morgan fingerprint density at radius 2 is 0.568 bits per heavy atom. The van der Waals surface area contributed by atoms with E-state index in [1.165, 1.54) is 122 Å². The van der Waals surface area contributed by atoms with Crippen LogP contribution in [0.25, 0.3) is 0 Å². The van der Waals surface area contributed by atoms with Gasteiger partial charge in [-0.3, -0.25) is 37.3 Å². The molecule has 0 bridgehead atoms. The van der Waals surface area contributed by atoms with Crippen LogP contribution in [0.15, 0.2) is 0 Å². The number of phosphoric acid groups is 2. The van der Waals surface area contributed by atoms with Gasteiger partial charge in [0.2, 0.25) is 0 Å². The molecule has 17 nitrogen and oxygen atoms in total. The largest absolute Gasteiger partial charge is 0.472 e. The summed E-state index contributed by atoms with van der Waals surface area (Å²) in [5.41, 5.74) is 0. The predicted octanol–water partition coefficient (Wildman–Crippen LogP) is 17.0. The van der Waals surface area contributed by atoms with Crippen molar-refractivity contribution < 1.29 is 80.2 Å². The summed E-state index contributed by atoms with van der Waals surface area (Å²) in [6.45, 7) is 7.13. The van der Waals surface area contributed by atoms with Gasteiger partial charge in [0, 0.05) is 25.7 Å². The van der Waals surface area contributed by atoms with Crippen molar-refractivity contribution in [1.82, 2.24) is 0 Å². The first-order valence-electron chi connectivity index (χ1n) is 32.6. The highest BCUT2D eigenvalue weighted by Crippen LogP contribution is 2.45. The van der Waals surface area contributed by atoms with Gasteiger partial charge in [0.25, 0.3) is 0 Å². The number of ether oxygens (including phenoxy) is 4. The Bertz CT molecular complexity index is 1580. The fourth-order valence-corrected chi connectivity index (χ4v) is 10.8. The maximum absolute atomic E-state index is 12.9. The van der Waals surface area contributed by atoms with Crippen molar-refractivity contribution in [1.29, 1.82) is 0 Å². The molecule has 0 saturated heterocycles. The van der Waals surface area contributed by atoms with Gasteiger partial charge in [-0.1, -0.05) is 259 Å². The molecular formula is C62H120O17P2. The second-order valence-electron chi connectivity index (χ2n) is 22.9. The van der Waals surface area contributed by atoms with E-state index >= 15 is 0 Å². The first kappa shape index (κ1) is 79.1. The molecule has 480 valence electrons. The van der Waals surface area contributed by atoms with E-state index in [-0.39, 0.29) is 25.7 Å². The van der Waals surface area contributed by atoms with Gasteiger partial charge in [-0.15, -0.1) is 0 Å². The molecule has 0 aliphatic rings. The summed E-state index contributed by atoms with van der Waals surface area (Å²) in [6, 6.07) is 0. The van der Waals surface area contributed by atoms with E-state index in [2.05, 4.69) is 34.6 Å². The monoisotopic (exact) mass is 1200 g/mol. The minimum atomic E-state index is -4.94. The smallest absolute Gasteiger partial charge is 0.462 e. The summed E-state index contributed by atoms with van der Waals surface area (Å²) in [6.07, 6.45) is 39.0. The Hall–Kier alpha value is -1.94. The molecule has 0 aromatic rings. The Balaban J connectivity index is 5.17. The van der Waals surface area contributed by atoms with Crippen molar-refractivity contribution in [3.8, 4) is 0 Å². The third-order valence-electron chi connectivity index (χ3n) is 14.3. The van der Waals surface area contributed by atoms with Crippen LogP contribution in [0.5, 0.6) is 0 Å². The fourth-order valence-electron chi connectivity index (χ4n) is 9.23. The van der Waals surface area contributed by atoms with Gasteiger partial charge in [-0.05, 0) is 31.6 Å². The standard InChI is InChI=1S/C62H120O17P2/c1-6-9-12-15-18-25-31-36-41-46-60(65)73-52-58(79-62(67)48-43-38-33-28-24-22-20-21-23-27-30-34-39-44-55(4)5)54-77-81(70,71)75-50-56(63)49-74-80(68,69)76-53-57(51-72-59(64)45-40-35-29-17-14-11-8-3)78-61(66)47-42-37-32-26-19-16-13-10-7-2/h55-58,63H,6-54H2,1-5H3,(H,68,69)(H,70,71)/t56-,57+,58+/m0/s1. The molecule has 81 heavy (non-hydrogen) atoms. The molecule has 0 saturated carbocycles. The molecule has 0 aliphatic heterocycles. The molecule has 0 amide bonds. The average Bonchev–Trinajstić information content (AvgIpc) is 3.43. The number of rotatable bonds is 62. The number of carbonyl (C=O) groups excluding carboxylic acids is 4. The first-order chi connectivity index (χ1) is 39.0. The highest BCUT2D eigenvalue weighted by molar-refractivity contribution is 7.47. The number of hydrogen-bond acceptors (Lipinski definition) is 15. The van der Waals surface area contributed by atoms with Crippen LogP contribution in [0.1, 0.15) is 311 Å². The van der Waals surface area contributed by atoms with Crippen LogP contribution in [-0.4, -0.2) is 96.7 Å². The number of unbranched alkanes of at least 4 members (excludes halogenated alkanes) is 34. The lowest BCUT2D eigenvalue weighted by molar-refractivity contribution is -0.161. The SMILES string of the molecule is CCCCCCCCCCCC(=O)OC[C@H](COP(=O)(O)OC[C@@H](O)COP(=O)(O)OC[C@@H](COC(=O)CCCCCCCCC)OC(=O)CCCCCCCCCCC)OC(=O)CCCCCCCCCCCCCCCC(C)C. The average molecular weight is 1200 g/mol. The normalized spacial score (nSPS) is 14.3. The van der Waals surface area contributed by atoms with Gasteiger partial charge in [0.15, 0.2) is 12.2 Å². The summed E-state index contributed by atoms with van der Waals surface area (Å²) >= 11 is 0. The Labute approximate surface area is 492 Å². The minimum absolute atomic E-state index is 0.105. The topological polar surface area (TPSA) is 237 Å². The molecule has 0 spiro atoms. The van der Waals surface area contributed by atoms with Crippen LogP contribution in [0.3, 0.4) is 0 Å². The highest BCUT2D eigenvalue weighted by atomic mass is 31.2. The molecule has 0 aliphatic carbocycles. The number of aliphatic hydroxyl groups is 1. The van der Waals surface area contributed by atoms with Crippen LogP contribution in [0.2, 0.25) is 0 Å². The molecule has 0 fully saturated rings. The number of esters is 4. The summed E-state index contributed by atoms with van der Waals surface area (Å²) < 4.78 is 67.8. The van der Waals surface area contributed by atoms with Crippen molar-refractivity contribution in [2.75, 3.05) is 39.6 Å². The quantitative estimate of drug-likeness (QED) is 0.0222. The number of phosphoric ester groups is 2. The van der Waals surface area contributed by atoms with Crippen LogP contribution in [0, 0.1) is 5.92 Å². The van der Waals surface area contributed by atoms with Gasteiger partial charge in [0.1, 0.15) is 19.3 Å². The summed E-state index contributed by atoms with van der Waals surface area (Å²) in [4.78, 5) is 71.9. The van der Waals surface area contributed by atoms with Gasteiger partial charge >= 0.3 is 39.5 Å². The molecule has 19 heteroatoms. The van der Waals surface area contributed by atoms with E-state index in [9.17, 15) is 43.2 Å². The number of carbonyl (C=O) groups is 4. The maximum Gasteiger partial charge on any atom is 0.472 e. The van der Waals surface area contributed by atoms with E-state index in [1.54, 1.807) is 0 Å². The lowest BCUT2D eigenvalue weighted by Crippen LogP contribution is -2.30. The number of hydrogen-bond donors (Lipinski definition) is 3. The first-order valence-corrected chi connectivity index (χ1v) is 35.6. The highest BCUT2D eigenvalue weighted by Gasteiger charge is 2.30.